The van der Waals surface area contributed by atoms with Gasteiger partial charge in [0.2, 0.25) is 10.0 Å². The molecule has 1 aromatic carbocycles. The number of hydrogen-bond acceptors (Lipinski definition) is 4. The van der Waals surface area contributed by atoms with Crippen LogP contribution in [-0.2, 0) is 10.0 Å². The second-order valence-electron chi connectivity index (χ2n) is 5.59. The lowest BCUT2D eigenvalue weighted by Gasteiger charge is -2.28. The number of likely N-dealkylation sites (tertiary alicyclic amines) is 1. The van der Waals surface area contributed by atoms with Crippen molar-refractivity contribution in [2.75, 3.05) is 32.4 Å². The Morgan fingerprint density at radius 2 is 2.05 bits per heavy atom. The first-order valence-corrected chi connectivity index (χ1v) is 8.60. The van der Waals surface area contributed by atoms with Crippen LogP contribution in [0, 0.1) is 11.7 Å². The van der Waals surface area contributed by atoms with Crippen LogP contribution in [0.15, 0.2) is 23.1 Å². The molecule has 0 atom stereocenters. The summed E-state index contributed by atoms with van der Waals surface area (Å²) in [5.41, 5.74) is 5.50. The van der Waals surface area contributed by atoms with E-state index in [0.717, 1.165) is 38.4 Å². The van der Waals surface area contributed by atoms with Crippen molar-refractivity contribution in [3.05, 3.63) is 24.0 Å². The number of sulfonamides is 1. The highest BCUT2D eigenvalue weighted by Crippen LogP contribution is 2.22. The van der Waals surface area contributed by atoms with Gasteiger partial charge in [0.1, 0.15) is 10.7 Å². The zero-order valence-electron chi connectivity index (χ0n) is 12.2. The molecule has 2 rings (SSSR count). The molecule has 1 aromatic rings. The average Bonchev–Trinajstić information content (AvgIpc) is 2.40. The van der Waals surface area contributed by atoms with E-state index in [-0.39, 0.29) is 5.69 Å². The summed E-state index contributed by atoms with van der Waals surface area (Å²) in [4.78, 5) is 1.81. The van der Waals surface area contributed by atoms with Gasteiger partial charge in [-0.1, -0.05) is 6.07 Å². The molecule has 1 fully saturated rings. The summed E-state index contributed by atoms with van der Waals surface area (Å²) in [6.45, 7) is 2.39. The molecule has 3 N–H and O–H groups in total. The smallest absolute Gasteiger partial charge is 0.245 e. The fraction of sp³-hybridized carbons (Fsp3) is 0.571. The number of benzene rings is 1. The zero-order valence-corrected chi connectivity index (χ0v) is 13.0. The van der Waals surface area contributed by atoms with Crippen LogP contribution in [0.4, 0.5) is 10.1 Å². The van der Waals surface area contributed by atoms with Crippen LogP contribution in [0.2, 0.25) is 0 Å². The molecule has 1 aliphatic rings. The Labute approximate surface area is 125 Å². The minimum atomic E-state index is -3.89. The van der Waals surface area contributed by atoms with Gasteiger partial charge in [-0.25, -0.2) is 17.5 Å². The molecule has 0 radical (unpaired) electrons. The summed E-state index contributed by atoms with van der Waals surface area (Å²) in [5.74, 6) is -0.302. The summed E-state index contributed by atoms with van der Waals surface area (Å²) in [6, 6.07) is 3.87. The molecule has 0 amide bonds. The van der Waals surface area contributed by atoms with E-state index in [0.29, 0.717) is 12.5 Å². The van der Waals surface area contributed by atoms with Crippen molar-refractivity contribution in [2.45, 2.75) is 24.2 Å². The number of nitrogens with two attached hydrogens (primary N) is 1. The second-order valence-corrected chi connectivity index (χ2v) is 7.30. The summed E-state index contributed by atoms with van der Waals surface area (Å²) in [6.07, 6.45) is 2.90. The minimum Gasteiger partial charge on any atom is -0.398 e. The predicted octanol–water partition coefficient (Wildman–Crippen LogP) is 1.42. The number of anilines is 1. The molecule has 1 saturated heterocycles. The van der Waals surface area contributed by atoms with Gasteiger partial charge in [-0.2, -0.15) is 0 Å². The van der Waals surface area contributed by atoms with E-state index in [1.807, 2.05) is 0 Å². The fourth-order valence-electron chi connectivity index (χ4n) is 2.63. The van der Waals surface area contributed by atoms with Crippen molar-refractivity contribution < 1.29 is 12.8 Å². The Hall–Kier alpha value is -1.18. The first kappa shape index (κ1) is 16.2. The molecule has 21 heavy (non-hydrogen) atoms. The zero-order chi connectivity index (χ0) is 15.5. The van der Waals surface area contributed by atoms with Gasteiger partial charge in [0.15, 0.2) is 0 Å². The first-order valence-electron chi connectivity index (χ1n) is 7.12. The van der Waals surface area contributed by atoms with Gasteiger partial charge in [-0.05, 0) is 57.5 Å². The Morgan fingerprint density at radius 3 is 2.67 bits per heavy atom. The van der Waals surface area contributed by atoms with Gasteiger partial charge in [0.05, 0.1) is 5.69 Å². The number of hydrogen-bond donors (Lipinski definition) is 2. The molecule has 5 nitrogen and oxygen atoms in total. The third-order valence-corrected chi connectivity index (χ3v) is 5.50. The van der Waals surface area contributed by atoms with Gasteiger partial charge in [-0.3, -0.25) is 0 Å². The van der Waals surface area contributed by atoms with E-state index in [9.17, 15) is 12.8 Å². The second kappa shape index (κ2) is 6.72. The fourth-order valence-corrected chi connectivity index (χ4v) is 3.86. The lowest BCUT2D eigenvalue weighted by molar-refractivity contribution is 0.213. The normalized spacial score (nSPS) is 18.0. The molecule has 0 unspecified atom stereocenters. The number of piperidine rings is 1. The highest BCUT2D eigenvalue weighted by atomic mass is 32.2. The van der Waals surface area contributed by atoms with Crippen LogP contribution in [-0.4, -0.2) is 40.0 Å². The van der Waals surface area contributed by atoms with E-state index < -0.39 is 20.7 Å². The van der Waals surface area contributed by atoms with Gasteiger partial charge in [0, 0.05) is 6.54 Å². The highest BCUT2D eigenvalue weighted by Gasteiger charge is 2.23. The molecule has 0 aliphatic carbocycles. The standard InChI is InChI=1S/C14H22FN3O2S/c1-18-9-6-11(7-10-18)5-8-17-21(19,20)14-12(15)3-2-4-13(14)16/h2-4,11,17H,5-10,16H2,1H3. The molecule has 0 saturated carbocycles. The number of nitrogens with zero attached hydrogens (tertiary/aromatic N) is 1. The Balaban J connectivity index is 1.93. The van der Waals surface area contributed by atoms with E-state index in [1.165, 1.54) is 12.1 Å². The SMILES string of the molecule is CN1CCC(CCNS(=O)(=O)c2c(N)cccc2F)CC1. The van der Waals surface area contributed by atoms with Gasteiger partial charge < -0.3 is 10.6 Å². The first-order chi connectivity index (χ1) is 9.90. The highest BCUT2D eigenvalue weighted by molar-refractivity contribution is 7.89. The van der Waals surface area contributed by atoms with Crippen LogP contribution in [0.5, 0.6) is 0 Å². The molecular formula is C14H22FN3O2S. The van der Waals surface area contributed by atoms with Gasteiger partial charge >= 0.3 is 0 Å². The number of nitrogens with one attached hydrogen (secondary N) is 1. The largest absolute Gasteiger partial charge is 0.398 e. The van der Waals surface area contributed by atoms with E-state index in [2.05, 4.69) is 16.7 Å². The third kappa shape index (κ3) is 4.15. The Bertz CT molecular complexity index is 564. The quantitative estimate of drug-likeness (QED) is 0.806. The van der Waals surface area contributed by atoms with E-state index in [1.54, 1.807) is 0 Å². The van der Waals surface area contributed by atoms with Crippen molar-refractivity contribution in [2.24, 2.45) is 5.92 Å². The van der Waals surface area contributed by atoms with Crippen LogP contribution in [0.25, 0.3) is 0 Å². The van der Waals surface area contributed by atoms with Crippen molar-refractivity contribution in [3.8, 4) is 0 Å². The van der Waals surface area contributed by atoms with Crippen molar-refractivity contribution >= 4 is 15.7 Å². The number of nitrogen functional groups attached to an aromatic ring is 1. The maximum Gasteiger partial charge on any atom is 0.245 e. The van der Waals surface area contributed by atoms with E-state index >= 15 is 0 Å². The lowest BCUT2D eigenvalue weighted by Crippen LogP contribution is -2.33. The topological polar surface area (TPSA) is 75.4 Å². The van der Waals surface area contributed by atoms with Crippen LogP contribution in [0.1, 0.15) is 19.3 Å². The Morgan fingerprint density at radius 1 is 1.38 bits per heavy atom. The van der Waals surface area contributed by atoms with Gasteiger partial charge in [-0.15, -0.1) is 0 Å². The summed E-state index contributed by atoms with van der Waals surface area (Å²) in [7, 11) is -1.81. The molecule has 0 spiro atoms. The molecule has 1 aliphatic heterocycles. The maximum atomic E-state index is 13.7. The molecular weight excluding hydrogens is 293 g/mol. The third-order valence-electron chi connectivity index (χ3n) is 3.95. The van der Waals surface area contributed by atoms with E-state index in [4.69, 9.17) is 5.73 Å². The van der Waals surface area contributed by atoms with Crippen LogP contribution >= 0.6 is 0 Å². The summed E-state index contributed by atoms with van der Waals surface area (Å²) in [5, 5.41) is 0. The summed E-state index contributed by atoms with van der Waals surface area (Å²) >= 11 is 0. The monoisotopic (exact) mass is 315 g/mol. The minimum absolute atomic E-state index is 0.0678. The predicted molar refractivity (Wildman–Crippen MR) is 80.8 cm³/mol. The van der Waals surface area contributed by atoms with Crippen LogP contribution in [0.3, 0.4) is 0 Å². The van der Waals surface area contributed by atoms with Crippen molar-refractivity contribution in [1.82, 2.24) is 9.62 Å². The number of halogens is 1. The Kier molecular flexibility index (Phi) is 5.18. The average molecular weight is 315 g/mol. The maximum absolute atomic E-state index is 13.7. The molecule has 0 aromatic heterocycles. The molecule has 0 bridgehead atoms. The van der Waals surface area contributed by atoms with Gasteiger partial charge in [0.25, 0.3) is 0 Å². The lowest BCUT2D eigenvalue weighted by atomic mass is 9.94. The molecule has 1 heterocycles. The molecule has 7 heteroatoms. The summed E-state index contributed by atoms with van der Waals surface area (Å²) < 4.78 is 40.4. The van der Waals surface area contributed by atoms with Crippen molar-refractivity contribution in [1.29, 1.82) is 0 Å². The van der Waals surface area contributed by atoms with Crippen LogP contribution < -0.4 is 10.5 Å². The number of rotatable bonds is 5. The molecule has 118 valence electrons. The van der Waals surface area contributed by atoms with Crippen molar-refractivity contribution in [3.63, 3.8) is 0 Å².